The molecule has 2 heterocycles. The summed E-state index contributed by atoms with van der Waals surface area (Å²) >= 11 is 0. The summed E-state index contributed by atoms with van der Waals surface area (Å²) < 4.78 is 5.27. The topological polar surface area (TPSA) is 24.5 Å². The van der Waals surface area contributed by atoms with Crippen molar-refractivity contribution in [3.63, 3.8) is 0 Å². The van der Waals surface area contributed by atoms with Gasteiger partial charge in [-0.1, -0.05) is 6.07 Å². The number of hydrogen-bond donors (Lipinski definition) is 1. The van der Waals surface area contributed by atoms with Crippen molar-refractivity contribution in [1.29, 1.82) is 0 Å². The monoisotopic (exact) mass is 232 g/mol. The molecule has 1 N–H and O–H groups in total. The lowest BCUT2D eigenvalue weighted by molar-refractivity contribution is 0.157. The number of nitrogens with one attached hydrogen (secondary N) is 1. The second kappa shape index (κ2) is 4.22. The number of piperidine rings is 1. The molecule has 2 fully saturated rings. The maximum absolute atomic E-state index is 5.27. The van der Waals surface area contributed by atoms with Crippen molar-refractivity contribution >= 4 is 5.69 Å². The van der Waals surface area contributed by atoms with E-state index in [0.717, 1.165) is 5.75 Å². The molecule has 2 aliphatic rings. The number of ether oxygens (including phenoxy) is 1. The molecule has 0 atom stereocenters. The van der Waals surface area contributed by atoms with E-state index >= 15 is 0 Å². The van der Waals surface area contributed by atoms with Crippen molar-refractivity contribution in [1.82, 2.24) is 5.32 Å². The first-order valence-electron chi connectivity index (χ1n) is 6.41. The summed E-state index contributed by atoms with van der Waals surface area (Å²) in [5, 5.41) is 3.52. The molecule has 0 amide bonds. The maximum atomic E-state index is 5.27. The third-order valence-corrected chi connectivity index (χ3v) is 4.03. The lowest BCUT2D eigenvalue weighted by Gasteiger charge is -2.53. The van der Waals surface area contributed by atoms with Crippen molar-refractivity contribution < 1.29 is 4.74 Å². The number of rotatable bonds is 2. The van der Waals surface area contributed by atoms with Crippen LogP contribution in [0.5, 0.6) is 5.75 Å². The minimum atomic E-state index is 0.543. The third kappa shape index (κ3) is 2.00. The summed E-state index contributed by atoms with van der Waals surface area (Å²) in [6, 6.07) is 8.37. The lowest BCUT2D eigenvalue weighted by atomic mass is 9.74. The van der Waals surface area contributed by atoms with Crippen molar-refractivity contribution in [2.75, 3.05) is 38.2 Å². The second-order valence-electron chi connectivity index (χ2n) is 5.34. The zero-order valence-corrected chi connectivity index (χ0v) is 10.4. The van der Waals surface area contributed by atoms with Crippen LogP contribution in [0.4, 0.5) is 5.69 Å². The highest BCUT2D eigenvalue weighted by molar-refractivity contribution is 5.53. The zero-order chi connectivity index (χ0) is 11.7. The minimum absolute atomic E-state index is 0.543. The number of benzene rings is 1. The van der Waals surface area contributed by atoms with E-state index in [1.807, 2.05) is 6.07 Å². The van der Waals surface area contributed by atoms with Gasteiger partial charge in [-0.3, -0.25) is 0 Å². The number of anilines is 1. The minimum Gasteiger partial charge on any atom is -0.497 e. The van der Waals surface area contributed by atoms with Crippen molar-refractivity contribution in [2.24, 2.45) is 5.41 Å². The average Bonchev–Trinajstić information content (AvgIpc) is 2.37. The van der Waals surface area contributed by atoms with Crippen LogP contribution in [0.2, 0.25) is 0 Å². The molecule has 0 radical (unpaired) electrons. The molecule has 1 aromatic rings. The van der Waals surface area contributed by atoms with Gasteiger partial charge in [-0.25, -0.2) is 0 Å². The molecule has 0 aliphatic carbocycles. The Morgan fingerprint density at radius 2 is 2.24 bits per heavy atom. The Balaban J connectivity index is 1.67. The molecule has 2 aliphatic heterocycles. The first-order chi connectivity index (χ1) is 8.31. The molecule has 0 bridgehead atoms. The highest BCUT2D eigenvalue weighted by Gasteiger charge is 2.43. The molecular formula is C14H20N2O. The van der Waals surface area contributed by atoms with Gasteiger partial charge in [-0.05, 0) is 31.5 Å². The van der Waals surface area contributed by atoms with Gasteiger partial charge in [0.2, 0.25) is 0 Å². The van der Waals surface area contributed by atoms with Gasteiger partial charge in [-0.2, -0.15) is 0 Å². The second-order valence-corrected chi connectivity index (χ2v) is 5.34. The quantitative estimate of drug-likeness (QED) is 0.842. The summed E-state index contributed by atoms with van der Waals surface area (Å²) in [5.74, 6) is 0.949. The Hall–Kier alpha value is -1.22. The van der Waals surface area contributed by atoms with Crippen LogP contribution in [-0.2, 0) is 0 Å². The molecule has 0 aromatic heterocycles. The van der Waals surface area contributed by atoms with Crippen LogP contribution in [-0.4, -0.2) is 33.3 Å². The largest absolute Gasteiger partial charge is 0.497 e. The van der Waals surface area contributed by atoms with E-state index in [1.54, 1.807) is 7.11 Å². The van der Waals surface area contributed by atoms with Crippen LogP contribution in [0.25, 0.3) is 0 Å². The van der Waals surface area contributed by atoms with Gasteiger partial charge in [0, 0.05) is 36.8 Å². The molecule has 2 saturated heterocycles. The standard InChI is InChI=1S/C14H20N2O/c1-17-13-5-2-4-12(8-13)16-10-14(11-16)6-3-7-15-9-14/h2,4-5,8,15H,3,6-7,9-11H2,1H3. The summed E-state index contributed by atoms with van der Waals surface area (Å²) in [6.45, 7) is 4.76. The molecule has 0 saturated carbocycles. The number of nitrogens with zero attached hydrogens (tertiary/aromatic N) is 1. The Morgan fingerprint density at radius 1 is 1.35 bits per heavy atom. The van der Waals surface area contributed by atoms with Gasteiger partial charge in [-0.15, -0.1) is 0 Å². The predicted molar refractivity (Wildman–Crippen MR) is 69.7 cm³/mol. The van der Waals surface area contributed by atoms with Crippen LogP contribution >= 0.6 is 0 Å². The van der Waals surface area contributed by atoms with Gasteiger partial charge >= 0.3 is 0 Å². The highest BCUT2D eigenvalue weighted by Crippen LogP contribution is 2.39. The van der Waals surface area contributed by atoms with Crippen LogP contribution in [0.1, 0.15) is 12.8 Å². The smallest absolute Gasteiger partial charge is 0.120 e. The van der Waals surface area contributed by atoms with Crippen molar-refractivity contribution in [3.05, 3.63) is 24.3 Å². The normalized spacial score (nSPS) is 22.3. The average molecular weight is 232 g/mol. The van der Waals surface area contributed by atoms with Gasteiger partial charge in [0.15, 0.2) is 0 Å². The van der Waals surface area contributed by atoms with E-state index < -0.39 is 0 Å². The Labute approximate surface area is 103 Å². The molecule has 1 aromatic carbocycles. The molecule has 3 heteroatoms. The van der Waals surface area contributed by atoms with E-state index in [1.165, 1.54) is 44.7 Å². The van der Waals surface area contributed by atoms with E-state index in [-0.39, 0.29) is 0 Å². The first kappa shape index (κ1) is 10.9. The molecule has 1 spiro atoms. The molecule has 0 unspecified atom stereocenters. The van der Waals surface area contributed by atoms with Gasteiger partial charge in [0.05, 0.1) is 7.11 Å². The SMILES string of the molecule is COc1cccc(N2CC3(CCCNC3)C2)c1. The first-order valence-corrected chi connectivity index (χ1v) is 6.41. The van der Waals surface area contributed by atoms with Gasteiger partial charge in [0.1, 0.15) is 5.75 Å². The van der Waals surface area contributed by atoms with Crippen molar-refractivity contribution in [2.45, 2.75) is 12.8 Å². The Morgan fingerprint density at radius 3 is 2.94 bits per heavy atom. The van der Waals surface area contributed by atoms with E-state index in [4.69, 9.17) is 4.74 Å². The molecule has 92 valence electrons. The number of methoxy groups -OCH3 is 1. The van der Waals surface area contributed by atoms with Crippen LogP contribution < -0.4 is 15.0 Å². The van der Waals surface area contributed by atoms with Crippen LogP contribution in [0.3, 0.4) is 0 Å². The summed E-state index contributed by atoms with van der Waals surface area (Å²) in [4.78, 5) is 2.45. The van der Waals surface area contributed by atoms with E-state index in [0.29, 0.717) is 5.41 Å². The summed E-state index contributed by atoms with van der Waals surface area (Å²) in [7, 11) is 1.72. The Bertz CT molecular complexity index is 391. The molecule has 17 heavy (non-hydrogen) atoms. The number of hydrogen-bond acceptors (Lipinski definition) is 3. The molecular weight excluding hydrogens is 212 g/mol. The van der Waals surface area contributed by atoms with Crippen LogP contribution in [0.15, 0.2) is 24.3 Å². The van der Waals surface area contributed by atoms with Gasteiger partial charge in [0.25, 0.3) is 0 Å². The summed E-state index contributed by atoms with van der Waals surface area (Å²) in [5.41, 5.74) is 1.84. The predicted octanol–water partition coefficient (Wildman–Crippen LogP) is 1.88. The van der Waals surface area contributed by atoms with Gasteiger partial charge < -0.3 is 15.0 Å². The maximum Gasteiger partial charge on any atom is 0.120 e. The zero-order valence-electron chi connectivity index (χ0n) is 10.4. The Kier molecular flexibility index (Phi) is 2.71. The fourth-order valence-corrected chi connectivity index (χ4v) is 3.05. The summed E-state index contributed by atoms with van der Waals surface area (Å²) in [6.07, 6.45) is 2.70. The molecule has 3 nitrogen and oxygen atoms in total. The third-order valence-electron chi connectivity index (χ3n) is 4.03. The van der Waals surface area contributed by atoms with E-state index in [9.17, 15) is 0 Å². The highest BCUT2D eigenvalue weighted by atomic mass is 16.5. The lowest BCUT2D eigenvalue weighted by Crippen LogP contribution is -2.62. The van der Waals surface area contributed by atoms with Crippen LogP contribution in [0, 0.1) is 5.41 Å². The fraction of sp³-hybridized carbons (Fsp3) is 0.571. The van der Waals surface area contributed by atoms with Crippen molar-refractivity contribution in [3.8, 4) is 5.75 Å². The molecule has 3 rings (SSSR count). The van der Waals surface area contributed by atoms with E-state index in [2.05, 4.69) is 28.4 Å². The fourth-order valence-electron chi connectivity index (χ4n) is 3.05.